The van der Waals surface area contributed by atoms with E-state index in [1.807, 2.05) is 0 Å². The summed E-state index contributed by atoms with van der Waals surface area (Å²) in [5.41, 5.74) is 0.671. The number of phenolic OH excluding ortho intramolecular Hbond substituents is 1. The number of aromatic hydroxyl groups is 1. The van der Waals surface area contributed by atoms with Crippen LogP contribution in [-0.4, -0.2) is 30.9 Å². The van der Waals surface area contributed by atoms with Gasteiger partial charge in [-0.1, -0.05) is 0 Å². The van der Waals surface area contributed by atoms with Crippen molar-refractivity contribution in [3.63, 3.8) is 0 Å². The zero-order valence-corrected chi connectivity index (χ0v) is 11.5. The number of hydrogen-bond acceptors (Lipinski definition) is 5. The quantitative estimate of drug-likeness (QED) is 0.781. The molecule has 0 aliphatic heterocycles. The van der Waals surface area contributed by atoms with Gasteiger partial charge < -0.3 is 14.6 Å². The Morgan fingerprint density at radius 3 is 2.14 bits per heavy atom. The second-order valence-electron chi connectivity index (χ2n) is 4.64. The molecule has 5 heteroatoms. The van der Waals surface area contributed by atoms with E-state index in [1.165, 1.54) is 38.5 Å². The molecule has 0 unspecified atom stereocenters. The fraction of sp³-hybridized carbons (Fsp3) is 0.125. The number of ether oxygens (including phenoxy) is 2. The second-order valence-corrected chi connectivity index (χ2v) is 4.64. The number of benzene rings is 2. The number of carbonyl (C=O) groups is 2. The Balaban J connectivity index is 2.27. The van der Waals surface area contributed by atoms with Crippen LogP contribution in [0.5, 0.6) is 17.2 Å². The molecule has 106 valence electrons. The number of hydrogen-bond donors (Lipinski definition) is 1. The lowest BCUT2D eigenvalue weighted by Crippen LogP contribution is -2.21. The van der Waals surface area contributed by atoms with E-state index in [-0.39, 0.29) is 39.6 Å². The maximum atomic E-state index is 12.6. The minimum Gasteiger partial charge on any atom is -0.507 e. The smallest absolute Gasteiger partial charge is 0.198 e. The van der Waals surface area contributed by atoms with Crippen molar-refractivity contribution < 1.29 is 24.2 Å². The van der Waals surface area contributed by atoms with Crippen molar-refractivity contribution in [2.24, 2.45) is 0 Å². The molecule has 2 aromatic rings. The lowest BCUT2D eigenvalue weighted by atomic mass is 9.83. The lowest BCUT2D eigenvalue weighted by Gasteiger charge is -2.19. The minimum atomic E-state index is -0.387. The van der Waals surface area contributed by atoms with Gasteiger partial charge in [-0.3, -0.25) is 9.59 Å². The standard InChI is InChI=1S/C16H12O5/c1-20-8-3-4-10-11(5-8)15(18)12-6-9(21-2)7-13(17)14(12)16(10)19/h3-7,17H,1-2H3. The van der Waals surface area contributed by atoms with Crippen molar-refractivity contribution in [2.75, 3.05) is 14.2 Å². The minimum absolute atomic E-state index is 0.0125. The van der Waals surface area contributed by atoms with Crippen LogP contribution < -0.4 is 9.47 Å². The van der Waals surface area contributed by atoms with Crippen molar-refractivity contribution in [3.05, 3.63) is 52.6 Å². The Labute approximate surface area is 120 Å². The van der Waals surface area contributed by atoms with Gasteiger partial charge >= 0.3 is 0 Å². The van der Waals surface area contributed by atoms with Crippen molar-refractivity contribution in [3.8, 4) is 17.2 Å². The van der Waals surface area contributed by atoms with Crippen LogP contribution in [-0.2, 0) is 0 Å². The molecule has 1 aliphatic carbocycles. The first kappa shape index (κ1) is 13.2. The molecule has 21 heavy (non-hydrogen) atoms. The van der Waals surface area contributed by atoms with Crippen LogP contribution in [0.2, 0.25) is 0 Å². The van der Waals surface area contributed by atoms with Crippen LogP contribution >= 0.6 is 0 Å². The number of phenols is 1. The molecule has 0 saturated carbocycles. The molecule has 0 bridgehead atoms. The maximum Gasteiger partial charge on any atom is 0.198 e. The summed E-state index contributed by atoms with van der Waals surface area (Å²) in [5.74, 6) is -0.177. The number of rotatable bonds is 2. The third-order valence-electron chi connectivity index (χ3n) is 3.51. The fourth-order valence-electron chi connectivity index (χ4n) is 2.45. The average molecular weight is 284 g/mol. The van der Waals surface area contributed by atoms with Crippen LogP contribution in [0.15, 0.2) is 30.3 Å². The molecule has 0 radical (unpaired) electrons. The third kappa shape index (κ3) is 1.86. The van der Waals surface area contributed by atoms with Crippen LogP contribution in [0.3, 0.4) is 0 Å². The zero-order valence-electron chi connectivity index (χ0n) is 11.5. The third-order valence-corrected chi connectivity index (χ3v) is 3.51. The highest BCUT2D eigenvalue weighted by molar-refractivity contribution is 6.29. The molecule has 0 fully saturated rings. The van der Waals surface area contributed by atoms with Gasteiger partial charge in [0.1, 0.15) is 17.2 Å². The van der Waals surface area contributed by atoms with Crippen LogP contribution in [0, 0.1) is 0 Å². The van der Waals surface area contributed by atoms with Crippen LogP contribution in [0.25, 0.3) is 0 Å². The molecule has 0 spiro atoms. The maximum absolute atomic E-state index is 12.6. The lowest BCUT2D eigenvalue weighted by molar-refractivity contribution is 0.0976. The zero-order chi connectivity index (χ0) is 15.1. The first-order valence-electron chi connectivity index (χ1n) is 6.25. The Morgan fingerprint density at radius 2 is 1.48 bits per heavy atom. The summed E-state index contributed by atoms with van der Waals surface area (Å²) in [6.07, 6.45) is 0. The summed E-state index contributed by atoms with van der Waals surface area (Å²) in [4.78, 5) is 25.0. The SMILES string of the molecule is COc1ccc2c(c1)C(=O)c1cc(OC)cc(O)c1C2=O. The molecule has 5 nitrogen and oxygen atoms in total. The monoisotopic (exact) mass is 284 g/mol. The van der Waals surface area contributed by atoms with E-state index < -0.39 is 0 Å². The van der Waals surface area contributed by atoms with Crippen molar-refractivity contribution in [1.82, 2.24) is 0 Å². The summed E-state index contributed by atoms with van der Waals surface area (Å²) in [5, 5.41) is 10.0. The molecule has 1 N–H and O–H groups in total. The van der Waals surface area contributed by atoms with E-state index in [0.29, 0.717) is 11.5 Å². The van der Waals surface area contributed by atoms with Crippen molar-refractivity contribution >= 4 is 11.6 Å². The van der Waals surface area contributed by atoms with E-state index in [0.717, 1.165) is 0 Å². The predicted octanol–water partition coefficient (Wildman–Crippen LogP) is 2.18. The van der Waals surface area contributed by atoms with Gasteiger partial charge in [0.15, 0.2) is 11.6 Å². The molecule has 3 rings (SSSR count). The molecule has 2 aromatic carbocycles. The van der Waals surface area contributed by atoms with Gasteiger partial charge in [0.25, 0.3) is 0 Å². The average Bonchev–Trinajstić information content (AvgIpc) is 2.51. The molecule has 0 amide bonds. The van der Waals surface area contributed by atoms with Crippen molar-refractivity contribution in [1.29, 1.82) is 0 Å². The molecule has 0 atom stereocenters. The number of ketones is 2. The van der Waals surface area contributed by atoms with Gasteiger partial charge in [-0.2, -0.15) is 0 Å². The second kappa shape index (κ2) is 4.63. The largest absolute Gasteiger partial charge is 0.507 e. The van der Waals surface area contributed by atoms with Crippen LogP contribution in [0.1, 0.15) is 31.8 Å². The van der Waals surface area contributed by atoms with Crippen LogP contribution in [0.4, 0.5) is 0 Å². The molecule has 0 aromatic heterocycles. The Kier molecular flexibility index (Phi) is 2.90. The summed E-state index contributed by atoms with van der Waals surface area (Å²) in [7, 11) is 2.91. The van der Waals surface area contributed by atoms with Gasteiger partial charge in [-0.25, -0.2) is 0 Å². The molecule has 0 saturated heterocycles. The molecule has 0 heterocycles. The first-order valence-corrected chi connectivity index (χ1v) is 6.25. The predicted molar refractivity (Wildman–Crippen MR) is 74.5 cm³/mol. The van der Waals surface area contributed by atoms with E-state index >= 15 is 0 Å². The van der Waals surface area contributed by atoms with E-state index in [9.17, 15) is 14.7 Å². The number of fused-ring (bicyclic) bond motifs is 2. The van der Waals surface area contributed by atoms with Gasteiger partial charge in [0.05, 0.1) is 19.8 Å². The van der Waals surface area contributed by atoms with Gasteiger partial charge in [-0.05, 0) is 24.3 Å². The van der Waals surface area contributed by atoms with Gasteiger partial charge in [0.2, 0.25) is 0 Å². The first-order chi connectivity index (χ1) is 10.1. The fourth-order valence-corrected chi connectivity index (χ4v) is 2.45. The van der Waals surface area contributed by atoms with Gasteiger partial charge in [-0.15, -0.1) is 0 Å². The molecular weight excluding hydrogens is 272 g/mol. The molecular formula is C16H12O5. The normalized spacial score (nSPS) is 12.7. The Bertz CT molecular complexity index is 776. The summed E-state index contributed by atoms with van der Waals surface area (Å²) in [6.45, 7) is 0. The summed E-state index contributed by atoms with van der Waals surface area (Å²) in [6, 6.07) is 7.43. The Hall–Kier alpha value is -2.82. The summed E-state index contributed by atoms with van der Waals surface area (Å²) >= 11 is 0. The molecule has 1 aliphatic rings. The van der Waals surface area contributed by atoms with E-state index in [4.69, 9.17) is 9.47 Å². The van der Waals surface area contributed by atoms with Crippen molar-refractivity contribution in [2.45, 2.75) is 0 Å². The Morgan fingerprint density at radius 1 is 0.810 bits per heavy atom. The van der Waals surface area contributed by atoms with E-state index in [1.54, 1.807) is 6.07 Å². The summed E-state index contributed by atoms with van der Waals surface area (Å²) < 4.78 is 10.1. The number of carbonyl (C=O) groups excluding carboxylic acids is 2. The number of methoxy groups -OCH3 is 2. The topological polar surface area (TPSA) is 72.8 Å². The highest BCUT2D eigenvalue weighted by Crippen LogP contribution is 2.36. The van der Waals surface area contributed by atoms with Gasteiger partial charge in [0, 0.05) is 22.8 Å². The highest BCUT2D eigenvalue weighted by Gasteiger charge is 2.33. The highest BCUT2D eigenvalue weighted by atomic mass is 16.5. The van der Waals surface area contributed by atoms with E-state index in [2.05, 4.69) is 0 Å².